The third-order valence-electron chi connectivity index (χ3n) is 1.75. The number of carboxylic acid groups (broad SMARTS) is 2. The monoisotopic (exact) mass is 309 g/mol. The summed E-state index contributed by atoms with van der Waals surface area (Å²) >= 11 is 0. The Morgan fingerprint density at radius 3 is 2.47 bits per heavy atom. The molecule has 0 saturated carbocycles. The average molecular weight is 309 g/mol. The number of imidazole rings is 1. The molecular formula is C11H14MnN2O5. The number of nitrogens with zero attached hydrogens (tertiary/aromatic N) is 1. The minimum absolute atomic E-state index is 0. The second-order valence-electron chi connectivity index (χ2n) is 3.28. The van der Waals surface area contributed by atoms with Gasteiger partial charge in [0.2, 0.25) is 0 Å². The molecule has 2 N–H and O–H groups in total. The Hall–Kier alpha value is -1.63. The molecule has 1 radical (unpaired) electrons. The quantitative estimate of drug-likeness (QED) is 0.481. The van der Waals surface area contributed by atoms with Crippen molar-refractivity contribution in [3.8, 4) is 0 Å². The second-order valence-corrected chi connectivity index (χ2v) is 3.28. The molecule has 1 rings (SSSR count). The molecule has 0 amide bonds. The van der Waals surface area contributed by atoms with Crippen molar-refractivity contribution >= 4 is 18.0 Å². The number of carbonyl (C=O) groups is 2. The van der Waals surface area contributed by atoms with Crippen molar-refractivity contribution in [3.63, 3.8) is 0 Å². The van der Waals surface area contributed by atoms with Crippen LogP contribution in [0.1, 0.15) is 25.5 Å². The first-order valence-electron chi connectivity index (χ1n) is 5.23. The first kappa shape index (κ1) is 19.7. The predicted octanol–water partition coefficient (Wildman–Crippen LogP) is -1.93. The number of carbonyl (C=O) groups excluding carboxylic acids is 2. The van der Waals surface area contributed by atoms with E-state index in [4.69, 9.17) is 5.11 Å². The van der Waals surface area contributed by atoms with Gasteiger partial charge in [0, 0.05) is 0 Å². The van der Waals surface area contributed by atoms with Crippen LogP contribution in [0.15, 0.2) is 18.6 Å². The van der Waals surface area contributed by atoms with Crippen LogP contribution in [0.5, 0.6) is 0 Å². The Morgan fingerprint density at radius 1 is 1.53 bits per heavy atom. The molecule has 0 spiro atoms. The molecule has 0 saturated heterocycles. The van der Waals surface area contributed by atoms with E-state index < -0.39 is 18.0 Å². The number of aliphatic hydroxyl groups excluding tert-OH is 1. The standard InChI is InChI=1S/C6H6N2O2.C5H10O3.Mn/c9-6(10)2-1-5-3-7-4-8-5;1-2-3-4(6)5(7)8;/h1-4H,(H,7,8)(H,9,10);4,6H,2-3H2,1H3,(H,7,8);/q;;+2/p-2. The molecule has 0 aliphatic rings. The van der Waals surface area contributed by atoms with E-state index in [-0.39, 0.29) is 23.5 Å². The van der Waals surface area contributed by atoms with Crippen LogP contribution in [0.25, 0.3) is 6.08 Å². The van der Waals surface area contributed by atoms with Crippen molar-refractivity contribution in [3.05, 3.63) is 24.3 Å². The summed E-state index contributed by atoms with van der Waals surface area (Å²) < 4.78 is 0. The normalized spacial score (nSPS) is 11.1. The van der Waals surface area contributed by atoms with Gasteiger partial charge in [0.05, 0.1) is 36.3 Å². The Kier molecular flexibility index (Phi) is 11.9. The smallest absolute Gasteiger partial charge is 0.547 e. The molecule has 1 aromatic heterocycles. The summed E-state index contributed by atoms with van der Waals surface area (Å²) in [6.07, 6.45) is 4.96. The molecule has 0 aliphatic heterocycles. The van der Waals surface area contributed by atoms with Crippen LogP contribution in [-0.4, -0.2) is 33.1 Å². The molecule has 1 aromatic rings. The molecule has 19 heavy (non-hydrogen) atoms. The Morgan fingerprint density at radius 2 is 2.16 bits per heavy atom. The number of aliphatic hydroxyl groups is 1. The van der Waals surface area contributed by atoms with E-state index in [1.165, 1.54) is 18.6 Å². The number of hydrogen-bond donors (Lipinski definition) is 2. The summed E-state index contributed by atoms with van der Waals surface area (Å²) in [5.74, 6) is -2.60. The minimum atomic E-state index is -1.38. The van der Waals surface area contributed by atoms with Gasteiger partial charge in [-0.25, -0.2) is 4.98 Å². The SMILES string of the molecule is CCCC(O)C(=O)[O-].O=C([O-])C=Cc1cnc[nH]1.[Mn+2]. The summed E-state index contributed by atoms with van der Waals surface area (Å²) in [6, 6.07) is 0. The molecule has 1 heterocycles. The van der Waals surface area contributed by atoms with Crippen LogP contribution in [0.3, 0.4) is 0 Å². The van der Waals surface area contributed by atoms with E-state index in [1.54, 1.807) is 6.92 Å². The zero-order chi connectivity index (χ0) is 14.0. The predicted molar refractivity (Wildman–Crippen MR) is 58.6 cm³/mol. The number of aromatic amines is 1. The maximum absolute atomic E-state index is 9.86. The van der Waals surface area contributed by atoms with Gasteiger partial charge in [0.25, 0.3) is 0 Å². The fourth-order valence-electron chi connectivity index (χ4n) is 0.907. The van der Waals surface area contributed by atoms with Crippen LogP contribution >= 0.6 is 0 Å². The van der Waals surface area contributed by atoms with Gasteiger partial charge in [0.1, 0.15) is 0 Å². The molecule has 0 bridgehead atoms. The molecule has 1 unspecified atom stereocenters. The molecule has 8 heteroatoms. The number of aliphatic carboxylic acids is 2. The molecule has 0 fully saturated rings. The Labute approximate surface area is 120 Å². The maximum atomic E-state index is 9.86. The van der Waals surface area contributed by atoms with Gasteiger partial charge in [0.15, 0.2) is 0 Å². The van der Waals surface area contributed by atoms with Crippen LogP contribution < -0.4 is 10.2 Å². The summed E-state index contributed by atoms with van der Waals surface area (Å²) in [6.45, 7) is 1.80. The molecule has 1 atom stereocenters. The third-order valence-corrected chi connectivity index (χ3v) is 1.75. The van der Waals surface area contributed by atoms with Crippen molar-refractivity contribution in [2.75, 3.05) is 0 Å². The third kappa shape index (κ3) is 11.2. The van der Waals surface area contributed by atoms with Crippen molar-refractivity contribution in [2.24, 2.45) is 0 Å². The van der Waals surface area contributed by atoms with E-state index in [2.05, 4.69) is 9.97 Å². The Balaban J connectivity index is 0. The van der Waals surface area contributed by atoms with E-state index in [1.807, 2.05) is 0 Å². The van der Waals surface area contributed by atoms with Crippen molar-refractivity contribution in [1.29, 1.82) is 0 Å². The molecule has 105 valence electrons. The van der Waals surface area contributed by atoms with Gasteiger partial charge < -0.3 is 29.9 Å². The van der Waals surface area contributed by atoms with Crippen molar-refractivity contribution in [2.45, 2.75) is 25.9 Å². The number of nitrogens with one attached hydrogen (secondary N) is 1. The topological polar surface area (TPSA) is 129 Å². The van der Waals surface area contributed by atoms with Crippen LogP contribution in [0, 0.1) is 0 Å². The van der Waals surface area contributed by atoms with Gasteiger partial charge in [-0.2, -0.15) is 0 Å². The first-order valence-corrected chi connectivity index (χ1v) is 5.23. The summed E-state index contributed by atoms with van der Waals surface area (Å²) in [5.41, 5.74) is 0.643. The zero-order valence-electron chi connectivity index (χ0n) is 10.2. The number of aromatic nitrogens is 2. The summed E-state index contributed by atoms with van der Waals surface area (Å²) in [5, 5.41) is 28.1. The van der Waals surface area contributed by atoms with Gasteiger partial charge in [-0.3, -0.25) is 0 Å². The van der Waals surface area contributed by atoms with Gasteiger partial charge >= 0.3 is 17.1 Å². The number of rotatable bonds is 5. The maximum Gasteiger partial charge on any atom is 2.00 e. The first-order chi connectivity index (χ1) is 8.47. The molecular weight excluding hydrogens is 295 g/mol. The minimum Gasteiger partial charge on any atom is -0.547 e. The van der Waals surface area contributed by atoms with Gasteiger partial charge in [-0.1, -0.05) is 13.3 Å². The molecule has 7 nitrogen and oxygen atoms in total. The Bertz CT molecular complexity index is 392. The van der Waals surface area contributed by atoms with E-state index in [9.17, 15) is 19.8 Å². The molecule has 0 aromatic carbocycles. The summed E-state index contributed by atoms with van der Waals surface area (Å²) in [7, 11) is 0. The van der Waals surface area contributed by atoms with Crippen LogP contribution in [0.4, 0.5) is 0 Å². The number of hydrogen-bond acceptors (Lipinski definition) is 6. The van der Waals surface area contributed by atoms with Gasteiger partial charge in [-0.05, 0) is 18.6 Å². The van der Waals surface area contributed by atoms with E-state index >= 15 is 0 Å². The van der Waals surface area contributed by atoms with Crippen LogP contribution in [-0.2, 0) is 26.7 Å². The zero-order valence-corrected chi connectivity index (χ0v) is 11.4. The van der Waals surface area contributed by atoms with Crippen molar-refractivity contribution in [1.82, 2.24) is 9.97 Å². The number of carboxylic acids is 2. The fraction of sp³-hybridized carbons (Fsp3) is 0.364. The second kappa shape index (κ2) is 11.5. The summed E-state index contributed by atoms with van der Waals surface area (Å²) in [4.78, 5) is 26.0. The number of H-pyrrole nitrogens is 1. The molecule has 0 aliphatic carbocycles. The van der Waals surface area contributed by atoms with Crippen molar-refractivity contribution < 1.29 is 42.0 Å². The van der Waals surface area contributed by atoms with Crippen LogP contribution in [0.2, 0.25) is 0 Å². The average Bonchev–Trinajstić information content (AvgIpc) is 2.80. The fourth-order valence-corrected chi connectivity index (χ4v) is 0.907. The largest absolute Gasteiger partial charge is 2.00 e. The van der Waals surface area contributed by atoms with E-state index in [0.29, 0.717) is 12.1 Å². The van der Waals surface area contributed by atoms with Gasteiger partial charge in [-0.15, -0.1) is 0 Å². The van der Waals surface area contributed by atoms with E-state index in [0.717, 1.165) is 6.08 Å².